The number of aromatic nitrogens is 4. The Kier molecular flexibility index (Phi) is 5.85. The quantitative estimate of drug-likeness (QED) is 0.420. The second-order valence-electron chi connectivity index (χ2n) is 9.90. The Morgan fingerprint density at radius 1 is 1.08 bits per heavy atom. The third kappa shape index (κ3) is 4.17. The van der Waals surface area contributed by atoms with Crippen molar-refractivity contribution in [1.29, 1.82) is 0 Å². The molecule has 0 bridgehead atoms. The van der Waals surface area contributed by atoms with Crippen molar-refractivity contribution in [2.75, 3.05) is 24.5 Å². The van der Waals surface area contributed by atoms with E-state index in [0.29, 0.717) is 35.5 Å². The van der Waals surface area contributed by atoms with Gasteiger partial charge in [-0.15, -0.1) is 0 Å². The van der Waals surface area contributed by atoms with Crippen LogP contribution in [0.1, 0.15) is 11.1 Å². The largest absolute Gasteiger partial charge is 0.434 e. The van der Waals surface area contributed by atoms with E-state index in [1.807, 2.05) is 24.0 Å². The SMILES string of the molecule is Cc1ccc(OC(F)F)c(Cn2c3cc(-c4cnc(N5C[C@@H]6CNC(=O)[C@@H]6C5)nc4)ccc3c(=O)n2C)c1. The highest BCUT2D eigenvalue weighted by Gasteiger charge is 2.42. The number of halogens is 2. The predicted octanol–water partition coefficient (Wildman–Crippen LogP) is 2.94. The second-order valence-corrected chi connectivity index (χ2v) is 9.90. The van der Waals surface area contributed by atoms with Gasteiger partial charge in [0.15, 0.2) is 0 Å². The standard InChI is InChI=1S/C27H26F2N6O3/c1-15-3-6-23(38-26(28)29)17(7-15)13-35-22-8-16(4-5-20(22)25(37)33(35)2)18-9-31-27(32-10-18)34-12-19-11-30-24(36)21(19)14-34/h3-10,19,21,26H,11-14H2,1-2H3,(H,30,36)/t19-,21+/m0/s1. The van der Waals surface area contributed by atoms with Crippen LogP contribution in [0, 0.1) is 18.8 Å². The van der Waals surface area contributed by atoms with Crippen molar-refractivity contribution in [1.82, 2.24) is 24.6 Å². The first-order valence-electron chi connectivity index (χ1n) is 12.4. The summed E-state index contributed by atoms with van der Waals surface area (Å²) in [6.07, 6.45) is 3.47. The lowest BCUT2D eigenvalue weighted by atomic mass is 10.0. The van der Waals surface area contributed by atoms with Crippen LogP contribution >= 0.6 is 0 Å². The normalized spacial score (nSPS) is 18.9. The van der Waals surface area contributed by atoms with E-state index in [9.17, 15) is 18.4 Å². The molecule has 2 aromatic heterocycles. The van der Waals surface area contributed by atoms with Crippen LogP contribution in [-0.2, 0) is 18.4 Å². The molecule has 6 rings (SSSR count). The Hall–Kier alpha value is -4.28. The molecule has 1 amide bonds. The summed E-state index contributed by atoms with van der Waals surface area (Å²) in [6, 6.07) is 10.5. The topological polar surface area (TPSA) is 94.3 Å². The van der Waals surface area contributed by atoms with Crippen molar-refractivity contribution in [2.45, 2.75) is 20.1 Å². The molecule has 2 aromatic carbocycles. The van der Waals surface area contributed by atoms with Gasteiger partial charge >= 0.3 is 6.61 Å². The Morgan fingerprint density at radius 3 is 2.61 bits per heavy atom. The average molecular weight is 521 g/mol. The molecule has 0 spiro atoms. The summed E-state index contributed by atoms with van der Waals surface area (Å²) in [6.45, 7) is 1.12. The minimum Gasteiger partial charge on any atom is -0.434 e. The third-order valence-electron chi connectivity index (χ3n) is 7.49. The Labute approximate surface area is 216 Å². The van der Waals surface area contributed by atoms with Crippen molar-refractivity contribution in [3.8, 4) is 16.9 Å². The maximum atomic E-state index is 13.0. The summed E-state index contributed by atoms with van der Waals surface area (Å²) >= 11 is 0. The van der Waals surface area contributed by atoms with Gasteiger partial charge in [0.2, 0.25) is 11.9 Å². The number of rotatable bonds is 6. The Balaban J connectivity index is 1.32. The molecule has 4 aromatic rings. The number of alkyl halides is 2. The van der Waals surface area contributed by atoms with Crippen molar-refractivity contribution >= 4 is 22.8 Å². The summed E-state index contributed by atoms with van der Waals surface area (Å²) in [5.41, 5.74) is 3.48. The molecule has 2 aliphatic rings. The van der Waals surface area contributed by atoms with Crippen LogP contribution in [0.25, 0.3) is 22.0 Å². The van der Waals surface area contributed by atoms with Gasteiger partial charge in [0.25, 0.3) is 5.56 Å². The van der Waals surface area contributed by atoms with Gasteiger partial charge in [-0.1, -0.05) is 23.8 Å². The first kappa shape index (κ1) is 24.1. The molecule has 2 fully saturated rings. The van der Waals surface area contributed by atoms with Crippen LogP contribution in [0.4, 0.5) is 14.7 Å². The molecule has 196 valence electrons. The van der Waals surface area contributed by atoms with Crippen molar-refractivity contribution in [3.63, 3.8) is 0 Å². The van der Waals surface area contributed by atoms with Crippen LogP contribution in [0.3, 0.4) is 0 Å². The number of amides is 1. The van der Waals surface area contributed by atoms with Crippen LogP contribution in [0.5, 0.6) is 5.75 Å². The Morgan fingerprint density at radius 2 is 1.87 bits per heavy atom. The van der Waals surface area contributed by atoms with Gasteiger partial charge in [0.1, 0.15) is 5.75 Å². The van der Waals surface area contributed by atoms with Gasteiger partial charge in [0.05, 0.1) is 23.4 Å². The number of nitrogens with one attached hydrogen (secondary N) is 1. The van der Waals surface area contributed by atoms with E-state index in [-0.39, 0.29) is 35.6 Å². The molecule has 2 aliphatic heterocycles. The van der Waals surface area contributed by atoms with E-state index in [1.165, 1.54) is 10.7 Å². The minimum absolute atomic E-state index is 0.0180. The fraction of sp³-hybridized carbons (Fsp3) is 0.333. The number of ether oxygens (including phenoxy) is 1. The summed E-state index contributed by atoms with van der Waals surface area (Å²) in [7, 11) is 1.65. The number of benzene rings is 2. The zero-order valence-corrected chi connectivity index (χ0v) is 20.9. The van der Waals surface area contributed by atoms with E-state index in [4.69, 9.17) is 4.74 Å². The molecule has 4 heterocycles. The zero-order chi connectivity index (χ0) is 26.6. The lowest BCUT2D eigenvalue weighted by Crippen LogP contribution is -2.29. The van der Waals surface area contributed by atoms with Crippen molar-refractivity contribution in [3.05, 3.63) is 70.3 Å². The number of fused-ring (bicyclic) bond motifs is 2. The minimum atomic E-state index is -2.95. The summed E-state index contributed by atoms with van der Waals surface area (Å²) in [5.74, 6) is 1.01. The van der Waals surface area contributed by atoms with E-state index in [1.54, 1.807) is 42.3 Å². The molecule has 11 heteroatoms. The first-order valence-corrected chi connectivity index (χ1v) is 12.4. The monoisotopic (exact) mass is 520 g/mol. The number of nitrogens with zero attached hydrogens (tertiary/aromatic N) is 5. The molecule has 0 saturated carbocycles. The number of hydrogen-bond acceptors (Lipinski definition) is 6. The highest BCUT2D eigenvalue weighted by molar-refractivity contribution is 5.84. The highest BCUT2D eigenvalue weighted by Crippen LogP contribution is 2.31. The molecule has 0 unspecified atom stereocenters. The van der Waals surface area contributed by atoms with Gasteiger partial charge in [-0.05, 0) is 30.7 Å². The van der Waals surface area contributed by atoms with E-state index < -0.39 is 6.61 Å². The number of anilines is 1. The van der Waals surface area contributed by atoms with Crippen LogP contribution in [0.15, 0.2) is 53.6 Å². The molecular formula is C27H26F2N6O3. The maximum absolute atomic E-state index is 13.0. The highest BCUT2D eigenvalue weighted by atomic mass is 19.3. The first-order chi connectivity index (χ1) is 18.3. The average Bonchev–Trinajstić information content (AvgIpc) is 3.55. The fourth-order valence-corrected chi connectivity index (χ4v) is 5.48. The summed E-state index contributed by atoms with van der Waals surface area (Å²) < 4.78 is 34.0. The summed E-state index contributed by atoms with van der Waals surface area (Å²) in [5, 5.41) is 3.42. The summed E-state index contributed by atoms with van der Waals surface area (Å²) in [4.78, 5) is 36.1. The molecule has 38 heavy (non-hydrogen) atoms. The van der Waals surface area contributed by atoms with E-state index >= 15 is 0 Å². The molecule has 0 aliphatic carbocycles. The van der Waals surface area contributed by atoms with Crippen LogP contribution < -0.4 is 20.5 Å². The van der Waals surface area contributed by atoms with Gasteiger partial charge < -0.3 is 15.0 Å². The molecule has 1 N–H and O–H groups in total. The van der Waals surface area contributed by atoms with Gasteiger partial charge in [-0.3, -0.25) is 19.0 Å². The molecular weight excluding hydrogens is 494 g/mol. The number of carbonyl (C=O) groups is 1. The smallest absolute Gasteiger partial charge is 0.387 e. The Bertz CT molecular complexity index is 1600. The second kappa shape index (κ2) is 9.23. The van der Waals surface area contributed by atoms with E-state index in [0.717, 1.165) is 23.2 Å². The van der Waals surface area contributed by atoms with Crippen LogP contribution in [-0.4, -0.2) is 51.5 Å². The molecule has 0 radical (unpaired) electrons. The number of aryl methyl sites for hydroxylation is 1. The zero-order valence-electron chi connectivity index (χ0n) is 20.9. The van der Waals surface area contributed by atoms with Crippen LogP contribution in [0.2, 0.25) is 0 Å². The predicted molar refractivity (Wildman–Crippen MR) is 137 cm³/mol. The van der Waals surface area contributed by atoms with Crippen molar-refractivity contribution in [2.24, 2.45) is 18.9 Å². The lowest BCUT2D eigenvalue weighted by Gasteiger charge is -2.17. The fourth-order valence-electron chi connectivity index (χ4n) is 5.48. The van der Waals surface area contributed by atoms with E-state index in [2.05, 4.69) is 15.3 Å². The van der Waals surface area contributed by atoms with Gasteiger partial charge in [0, 0.05) is 56.1 Å². The van der Waals surface area contributed by atoms with Gasteiger partial charge in [-0.25, -0.2) is 9.97 Å². The molecule has 2 atom stereocenters. The maximum Gasteiger partial charge on any atom is 0.387 e. The third-order valence-corrected chi connectivity index (χ3v) is 7.49. The number of carbonyl (C=O) groups excluding carboxylic acids is 1. The molecule has 9 nitrogen and oxygen atoms in total. The number of hydrogen-bond donors (Lipinski definition) is 1. The molecule has 2 saturated heterocycles. The van der Waals surface area contributed by atoms with Gasteiger partial charge in [-0.2, -0.15) is 8.78 Å². The van der Waals surface area contributed by atoms with Crippen molar-refractivity contribution < 1.29 is 18.3 Å². The lowest BCUT2D eigenvalue weighted by molar-refractivity contribution is -0.122.